The van der Waals surface area contributed by atoms with Crippen LogP contribution in [0.4, 0.5) is 0 Å². The molecule has 0 N–H and O–H groups in total. The van der Waals surface area contributed by atoms with Crippen molar-refractivity contribution < 1.29 is 9.47 Å². The molecule has 1 saturated heterocycles. The molecule has 2 atom stereocenters. The Morgan fingerprint density at radius 3 is 2.71 bits per heavy atom. The molecule has 0 saturated carbocycles. The second-order valence-corrected chi connectivity index (χ2v) is 5.46. The fourth-order valence-corrected chi connectivity index (χ4v) is 2.25. The summed E-state index contributed by atoms with van der Waals surface area (Å²) < 4.78 is 11.3. The van der Waals surface area contributed by atoms with Crippen LogP contribution in [0.2, 0.25) is 0 Å². The molecule has 1 aromatic rings. The van der Waals surface area contributed by atoms with Crippen LogP contribution in [0, 0.1) is 0 Å². The molecule has 0 amide bonds. The molecule has 94 valence electrons. The molecule has 1 heterocycles. The Hall–Kier alpha value is -0.540. The number of hydrogen-bond acceptors (Lipinski definition) is 2. The summed E-state index contributed by atoms with van der Waals surface area (Å²) in [5, 5.41) is 0. The van der Waals surface area contributed by atoms with Crippen LogP contribution in [0.15, 0.2) is 24.3 Å². The van der Waals surface area contributed by atoms with Gasteiger partial charge in [-0.1, -0.05) is 35.0 Å². The molecule has 3 heteroatoms. The lowest BCUT2D eigenvalue weighted by atomic mass is 10.1. The van der Waals surface area contributed by atoms with Gasteiger partial charge < -0.3 is 9.47 Å². The average Bonchev–Trinajstić information content (AvgIpc) is 2.40. The van der Waals surface area contributed by atoms with Gasteiger partial charge in [-0.05, 0) is 37.0 Å². The van der Waals surface area contributed by atoms with Gasteiger partial charge in [-0.15, -0.1) is 0 Å². The first-order valence-corrected chi connectivity index (χ1v) is 7.23. The van der Waals surface area contributed by atoms with E-state index in [0.29, 0.717) is 4.83 Å². The number of alkyl halides is 1. The van der Waals surface area contributed by atoms with Crippen LogP contribution in [0.1, 0.15) is 43.0 Å². The van der Waals surface area contributed by atoms with Crippen LogP contribution in [0.3, 0.4) is 0 Å². The van der Waals surface area contributed by atoms with Crippen LogP contribution in [0.25, 0.3) is 0 Å². The lowest BCUT2D eigenvalue weighted by Crippen LogP contribution is -2.24. The Bertz CT molecular complexity index is 331. The van der Waals surface area contributed by atoms with Gasteiger partial charge in [0.15, 0.2) is 6.29 Å². The third-order valence-corrected chi connectivity index (χ3v) is 4.18. The highest BCUT2D eigenvalue weighted by atomic mass is 79.9. The first kappa shape index (κ1) is 12.9. The molecule has 1 aliphatic heterocycles. The Morgan fingerprint density at radius 1 is 1.35 bits per heavy atom. The maximum absolute atomic E-state index is 5.79. The highest BCUT2D eigenvalue weighted by molar-refractivity contribution is 9.09. The molecule has 2 rings (SSSR count). The number of ether oxygens (including phenoxy) is 2. The number of halogens is 1. The highest BCUT2D eigenvalue weighted by Crippen LogP contribution is 2.28. The molecule has 0 bridgehead atoms. The average molecular weight is 299 g/mol. The first-order chi connectivity index (χ1) is 8.29. The zero-order valence-corrected chi connectivity index (χ0v) is 11.8. The van der Waals surface area contributed by atoms with Crippen LogP contribution in [0.5, 0.6) is 5.75 Å². The summed E-state index contributed by atoms with van der Waals surface area (Å²) in [5.74, 6) is 0.899. The van der Waals surface area contributed by atoms with Crippen molar-refractivity contribution >= 4 is 15.9 Å². The van der Waals surface area contributed by atoms with Gasteiger partial charge in [0.2, 0.25) is 0 Å². The van der Waals surface area contributed by atoms with E-state index < -0.39 is 0 Å². The normalized spacial score (nSPS) is 22.1. The SMILES string of the molecule is CCC(Br)c1ccc(OC2CCCCO2)cc1. The molecule has 0 aliphatic carbocycles. The van der Waals surface area contributed by atoms with Crippen molar-refractivity contribution in [3.63, 3.8) is 0 Å². The second kappa shape index (κ2) is 6.41. The maximum Gasteiger partial charge on any atom is 0.199 e. The second-order valence-electron chi connectivity index (χ2n) is 4.36. The summed E-state index contributed by atoms with van der Waals surface area (Å²) in [7, 11) is 0. The maximum atomic E-state index is 5.79. The van der Waals surface area contributed by atoms with E-state index in [2.05, 4.69) is 35.0 Å². The predicted molar refractivity (Wildman–Crippen MR) is 72.6 cm³/mol. The Kier molecular flexibility index (Phi) is 4.86. The van der Waals surface area contributed by atoms with E-state index in [1.54, 1.807) is 0 Å². The number of benzene rings is 1. The summed E-state index contributed by atoms with van der Waals surface area (Å²) in [6.45, 7) is 2.99. The van der Waals surface area contributed by atoms with E-state index in [-0.39, 0.29) is 6.29 Å². The van der Waals surface area contributed by atoms with Crippen LogP contribution < -0.4 is 4.74 Å². The van der Waals surface area contributed by atoms with Gasteiger partial charge in [-0.3, -0.25) is 0 Å². The summed E-state index contributed by atoms with van der Waals surface area (Å²) in [5.41, 5.74) is 1.30. The zero-order chi connectivity index (χ0) is 12.1. The fraction of sp³-hybridized carbons (Fsp3) is 0.571. The molecule has 1 aromatic carbocycles. The predicted octanol–water partition coefficient (Wildman–Crippen LogP) is 4.44. The van der Waals surface area contributed by atoms with Crippen LogP contribution >= 0.6 is 15.9 Å². The molecule has 0 aromatic heterocycles. The standard InChI is InChI=1S/C14H19BrO2/c1-2-13(15)11-6-8-12(9-7-11)17-14-5-3-4-10-16-14/h6-9,13-14H,2-5,10H2,1H3. The summed E-state index contributed by atoms with van der Waals surface area (Å²) in [6, 6.07) is 8.27. The van der Waals surface area contributed by atoms with E-state index in [0.717, 1.165) is 31.6 Å². The smallest absolute Gasteiger partial charge is 0.199 e. The minimum absolute atomic E-state index is 0.0551. The van der Waals surface area contributed by atoms with Crippen LogP contribution in [-0.2, 0) is 4.74 Å². The van der Waals surface area contributed by atoms with Crippen molar-refractivity contribution in [1.29, 1.82) is 0 Å². The van der Waals surface area contributed by atoms with Gasteiger partial charge in [0.25, 0.3) is 0 Å². The lowest BCUT2D eigenvalue weighted by molar-refractivity contribution is -0.105. The Labute approximate surface area is 111 Å². The zero-order valence-electron chi connectivity index (χ0n) is 10.2. The Morgan fingerprint density at radius 2 is 2.12 bits per heavy atom. The van der Waals surface area contributed by atoms with Gasteiger partial charge in [0.05, 0.1) is 6.61 Å². The first-order valence-electron chi connectivity index (χ1n) is 6.32. The molecule has 0 radical (unpaired) electrons. The van der Waals surface area contributed by atoms with Gasteiger partial charge in [-0.2, -0.15) is 0 Å². The third kappa shape index (κ3) is 3.71. The van der Waals surface area contributed by atoms with E-state index in [4.69, 9.17) is 9.47 Å². The van der Waals surface area contributed by atoms with Gasteiger partial charge in [0, 0.05) is 11.2 Å². The van der Waals surface area contributed by atoms with Gasteiger partial charge >= 0.3 is 0 Å². The summed E-state index contributed by atoms with van der Waals surface area (Å²) in [4.78, 5) is 0.433. The molecule has 0 spiro atoms. The molecule has 17 heavy (non-hydrogen) atoms. The molecule has 2 unspecified atom stereocenters. The topological polar surface area (TPSA) is 18.5 Å². The van der Waals surface area contributed by atoms with Crippen molar-refractivity contribution in [3.05, 3.63) is 29.8 Å². The minimum Gasteiger partial charge on any atom is -0.465 e. The van der Waals surface area contributed by atoms with E-state index in [1.807, 2.05) is 12.1 Å². The number of hydrogen-bond donors (Lipinski definition) is 0. The monoisotopic (exact) mass is 298 g/mol. The molecular formula is C14H19BrO2. The van der Waals surface area contributed by atoms with Crippen molar-refractivity contribution in [3.8, 4) is 5.75 Å². The molecule has 2 nitrogen and oxygen atoms in total. The quantitative estimate of drug-likeness (QED) is 0.765. The summed E-state index contributed by atoms with van der Waals surface area (Å²) in [6.07, 6.45) is 4.38. The Balaban J connectivity index is 1.93. The summed E-state index contributed by atoms with van der Waals surface area (Å²) >= 11 is 3.64. The molecule has 1 aliphatic rings. The highest BCUT2D eigenvalue weighted by Gasteiger charge is 2.15. The van der Waals surface area contributed by atoms with E-state index >= 15 is 0 Å². The van der Waals surface area contributed by atoms with Crippen molar-refractivity contribution in [2.45, 2.75) is 43.7 Å². The van der Waals surface area contributed by atoms with Gasteiger partial charge in [-0.25, -0.2) is 0 Å². The van der Waals surface area contributed by atoms with Crippen molar-refractivity contribution in [2.24, 2.45) is 0 Å². The fourth-order valence-electron chi connectivity index (χ4n) is 1.95. The number of rotatable bonds is 4. The molecular weight excluding hydrogens is 280 g/mol. The lowest BCUT2D eigenvalue weighted by Gasteiger charge is -2.23. The van der Waals surface area contributed by atoms with Crippen molar-refractivity contribution in [2.75, 3.05) is 6.61 Å². The largest absolute Gasteiger partial charge is 0.465 e. The minimum atomic E-state index is -0.0551. The molecule has 1 fully saturated rings. The van der Waals surface area contributed by atoms with Crippen LogP contribution in [-0.4, -0.2) is 12.9 Å². The van der Waals surface area contributed by atoms with Crippen molar-refractivity contribution in [1.82, 2.24) is 0 Å². The van der Waals surface area contributed by atoms with E-state index in [9.17, 15) is 0 Å². The third-order valence-electron chi connectivity index (χ3n) is 3.01. The van der Waals surface area contributed by atoms with Gasteiger partial charge in [0.1, 0.15) is 5.75 Å². The van der Waals surface area contributed by atoms with E-state index in [1.165, 1.54) is 12.0 Å².